The van der Waals surface area contributed by atoms with Crippen molar-refractivity contribution in [3.8, 4) is 0 Å². The van der Waals surface area contributed by atoms with Gasteiger partial charge in [-0.05, 0) is 31.4 Å². The second-order valence-electron chi connectivity index (χ2n) is 7.89. The lowest BCUT2D eigenvalue weighted by atomic mass is 9.65. The standard InChI is InChI=1S/C22H30N2O5/c1-15(21(27)29-3)23-19(25)18-16-9-5-6-10-17(16)20(26)24(13-14-28-2)22(18)11-7-4-8-12-22/h5-6,9-10,15,18H,4,7-8,11-14H2,1-3H3,(H,23,25)/t15-,18-/m1/s1. The fourth-order valence-corrected chi connectivity index (χ4v) is 4.88. The van der Waals surface area contributed by atoms with E-state index in [1.165, 1.54) is 7.11 Å². The fourth-order valence-electron chi connectivity index (χ4n) is 4.88. The molecule has 2 amide bonds. The number of carbonyl (C=O) groups is 3. The number of esters is 1. The Morgan fingerprint density at radius 3 is 2.55 bits per heavy atom. The minimum Gasteiger partial charge on any atom is -0.467 e. The molecule has 0 bridgehead atoms. The van der Waals surface area contributed by atoms with Crippen molar-refractivity contribution in [1.29, 1.82) is 0 Å². The van der Waals surface area contributed by atoms with Gasteiger partial charge in [0.1, 0.15) is 6.04 Å². The average molecular weight is 402 g/mol. The molecule has 1 spiro atoms. The van der Waals surface area contributed by atoms with Gasteiger partial charge in [0, 0.05) is 19.2 Å². The van der Waals surface area contributed by atoms with Crippen LogP contribution in [0.1, 0.15) is 60.9 Å². The molecule has 1 aliphatic carbocycles. The lowest BCUT2D eigenvalue weighted by molar-refractivity contribution is -0.145. The highest BCUT2D eigenvalue weighted by Crippen LogP contribution is 2.49. The summed E-state index contributed by atoms with van der Waals surface area (Å²) in [4.78, 5) is 40.6. The molecule has 7 heteroatoms. The Morgan fingerprint density at radius 2 is 1.90 bits per heavy atom. The first-order valence-electron chi connectivity index (χ1n) is 10.2. The Morgan fingerprint density at radius 1 is 1.21 bits per heavy atom. The Labute approximate surface area is 171 Å². The molecule has 0 saturated heterocycles. The molecule has 1 saturated carbocycles. The number of methoxy groups -OCH3 is 2. The van der Waals surface area contributed by atoms with Crippen LogP contribution in [0.4, 0.5) is 0 Å². The third-order valence-corrected chi connectivity index (χ3v) is 6.24. The van der Waals surface area contributed by atoms with E-state index < -0.39 is 23.5 Å². The molecule has 3 rings (SSSR count). The number of hydrogen-bond acceptors (Lipinski definition) is 5. The van der Waals surface area contributed by atoms with E-state index in [0.29, 0.717) is 18.7 Å². The Hall–Kier alpha value is -2.41. The van der Waals surface area contributed by atoms with Crippen LogP contribution in [0.5, 0.6) is 0 Å². The van der Waals surface area contributed by atoms with Crippen molar-refractivity contribution in [3.05, 3.63) is 35.4 Å². The SMILES string of the molecule is COCCN1C(=O)c2ccccc2[C@H](C(=O)N[C@H](C)C(=O)OC)C12CCCCC2. The fraction of sp³-hybridized carbons (Fsp3) is 0.591. The van der Waals surface area contributed by atoms with Gasteiger partial charge in [0.15, 0.2) is 0 Å². The van der Waals surface area contributed by atoms with Crippen LogP contribution in [0.3, 0.4) is 0 Å². The molecule has 158 valence electrons. The van der Waals surface area contributed by atoms with Gasteiger partial charge in [-0.3, -0.25) is 9.59 Å². The zero-order valence-electron chi connectivity index (χ0n) is 17.4. The summed E-state index contributed by atoms with van der Waals surface area (Å²) in [6.07, 6.45) is 4.50. The highest BCUT2D eigenvalue weighted by Gasteiger charge is 2.54. The van der Waals surface area contributed by atoms with Crippen molar-refractivity contribution in [1.82, 2.24) is 10.2 Å². The van der Waals surface area contributed by atoms with E-state index >= 15 is 0 Å². The summed E-state index contributed by atoms with van der Waals surface area (Å²) >= 11 is 0. The van der Waals surface area contributed by atoms with E-state index in [0.717, 1.165) is 37.7 Å². The van der Waals surface area contributed by atoms with Crippen molar-refractivity contribution >= 4 is 17.8 Å². The molecular formula is C22H30N2O5. The molecule has 29 heavy (non-hydrogen) atoms. The predicted molar refractivity (Wildman–Crippen MR) is 108 cm³/mol. The highest BCUT2D eigenvalue weighted by molar-refractivity contribution is 6.02. The van der Waals surface area contributed by atoms with Crippen molar-refractivity contribution in [2.75, 3.05) is 27.4 Å². The first-order valence-corrected chi connectivity index (χ1v) is 10.2. The Kier molecular flexibility index (Phi) is 6.57. The van der Waals surface area contributed by atoms with Gasteiger partial charge in [-0.15, -0.1) is 0 Å². The molecule has 0 unspecified atom stereocenters. The molecular weight excluding hydrogens is 372 g/mol. The van der Waals surface area contributed by atoms with Crippen LogP contribution in [-0.4, -0.2) is 61.6 Å². The van der Waals surface area contributed by atoms with Crippen molar-refractivity contribution in [2.45, 2.75) is 56.5 Å². The number of nitrogens with one attached hydrogen (secondary N) is 1. The quantitative estimate of drug-likeness (QED) is 0.738. The maximum absolute atomic E-state index is 13.5. The van der Waals surface area contributed by atoms with Crippen LogP contribution < -0.4 is 5.32 Å². The summed E-state index contributed by atoms with van der Waals surface area (Å²) in [6, 6.07) is 6.56. The van der Waals surface area contributed by atoms with Gasteiger partial charge in [-0.25, -0.2) is 4.79 Å². The molecule has 0 radical (unpaired) electrons. The molecule has 1 aliphatic heterocycles. The van der Waals surface area contributed by atoms with Crippen LogP contribution in [-0.2, 0) is 19.1 Å². The maximum Gasteiger partial charge on any atom is 0.328 e. The number of ether oxygens (including phenoxy) is 2. The molecule has 1 fully saturated rings. The van der Waals surface area contributed by atoms with Crippen molar-refractivity contribution in [3.63, 3.8) is 0 Å². The van der Waals surface area contributed by atoms with Gasteiger partial charge in [0.2, 0.25) is 5.91 Å². The summed E-state index contributed by atoms with van der Waals surface area (Å²) in [5.41, 5.74) is 0.676. The van der Waals surface area contributed by atoms with E-state index in [9.17, 15) is 14.4 Å². The van der Waals surface area contributed by atoms with E-state index in [2.05, 4.69) is 5.32 Å². The topological polar surface area (TPSA) is 84.9 Å². The first kappa shape index (κ1) is 21.3. The molecule has 1 N–H and O–H groups in total. The zero-order chi connectivity index (χ0) is 21.0. The second kappa shape index (κ2) is 8.95. The van der Waals surface area contributed by atoms with Crippen molar-refractivity contribution < 1.29 is 23.9 Å². The summed E-state index contributed by atoms with van der Waals surface area (Å²) in [7, 11) is 2.91. The maximum atomic E-state index is 13.5. The van der Waals surface area contributed by atoms with E-state index in [4.69, 9.17) is 9.47 Å². The molecule has 1 aromatic carbocycles. The lowest BCUT2D eigenvalue weighted by Crippen LogP contribution is -2.63. The summed E-state index contributed by atoms with van der Waals surface area (Å²) in [5, 5.41) is 2.82. The van der Waals surface area contributed by atoms with E-state index in [1.807, 2.05) is 23.1 Å². The van der Waals surface area contributed by atoms with Crippen LogP contribution in [0.15, 0.2) is 24.3 Å². The number of fused-ring (bicyclic) bond motifs is 1. The predicted octanol–water partition coefficient (Wildman–Crippen LogP) is 2.25. The van der Waals surface area contributed by atoms with Gasteiger partial charge in [0.05, 0.1) is 25.2 Å². The monoisotopic (exact) mass is 402 g/mol. The van der Waals surface area contributed by atoms with Gasteiger partial charge < -0.3 is 19.7 Å². The molecule has 2 atom stereocenters. The number of nitrogens with zero attached hydrogens (tertiary/aromatic N) is 1. The first-order chi connectivity index (χ1) is 14.0. The number of carbonyl (C=O) groups excluding carboxylic acids is 3. The molecule has 0 aromatic heterocycles. The van der Waals surface area contributed by atoms with Crippen molar-refractivity contribution in [2.24, 2.45) is 0 Å². The Bertz CT molecular complexity index is 772. The lowest BCUT2D eigenvalue weighted by Gasteiger charge is -2.53. The Balaban J connectivity index is 2.07. The van der Waals surface area contributed by atoms with Gasteiger partial charge in [0.25, 0.3) is 5.91 Å². The molecule has 1 heterocycles. The average Bonchev–Trinajstić information content (AvgIpc) is 2.73. The zero-order valence-corrected chi connectivity index (χ0v) is 17.4. The minimum absolute atomic E-state index is 0.0513. The van der Waals surface area contributed by atoms with Gasteiger partial charge in [-0.2, -0.15) is 0 Å². The third kappa shape index (κ3) is 3.88. The number of rotatable bonds is 6. The minimum atomic E-state index is -0.759. The van der Waals surface area contributed by atoms with E-state index in [-0.39, 0.29) is 11.8 Å². The second-order valence-corrected chi connectivity index (χ2v) is 7.89. The summed E-state index contributed by atoms with van der Waals surface area (Å²) < 4.78 is 10.0. The van der Waals surface area contributed by atoms with Crippen LogP contribution in [0, 0.1) is 0 Å². The number of hydrogen-bond donors (Lipinski definition) is 1. The normalized spacial score (nSPS) is 21.4. The van der Waals surface area contributed by atoms with Crippen LogP contribution in [0.25, 0.3) is 0 Å². The molecule has 2 aliphatic rings. The number of amides is 2. The highest BCUT2D eigenvalue weighted by atomic mass is 16.5. The smallest absolute Gasteiger partial charge is 0.328 e. The number of benzene rings is 1. The largest absolute Gasteiger partial charge is 0.467 e. The summed E-state index contributed by atoms with van der Waals surface area (Å²) in [5.74, 6) is -1.33. The molecule has 7 nitrogen and oxygen atoms in total. The summed E-state index contributed by atoms with van der Waals surface area (Å²) in [6.45, 7) is 2.45. The van der Waals surface area contributed by atoms with E-state index in [1.54, 1.807) is 20.1 Å². The third-order valence-electron chi connectivity index (χ3n) is 6.24. The van der Waals surface area contributed by atoms with Crippen LogP contribution in [0.2, 0.25) is 0 Å². The van der Waals surface area contributed by atoms with Gasteiger partial charge in [-0.1, -0.05) is 37.5 Å². The van der Waals surface area contributed by atoms with Crippen LogP contribution >= 0.6 is 0 Å². The van der Waals surface area contributed by atoms with Gasteiger partial charge >= 0.3 is 5.97 Å². The molecule has 1 aromatic rings.